The van der Waals surface area contributed by atoms with Gasteiger partial charge in [-0.15, -0.1) is 0 Å². The lowest BCUT2D eigenvalue weighted by Crippen LogP contribution is -1.91. The number of hydrogen-bond acceptors (Lipinski definition) is 2. The monoisotopic (exact) mass is 233 g/mol. The molecular formula is C12H11NO2S. The molecule has 82 valence electrons. The molecule has 3 nitrogen and oxygen atoms in total. The number of benzene rings is 1. The van der Waals surface area contributed by atoms with Gasteiger partial charge in [-0.05, 0) is 24.6 Å². The number of rotatable bonds is 3. The third-order valence-electron chi connectivity index (χ3n) is 2.22. The Hall–Kier alpha value is -1.68. The van der Waals surface area contributed by atoms with E-state index < -0.39 is 5.97 Å². The molecule has 0 spiro atoms. The highest BCUT2D eigenvalue weighted by molar-refractivity contribution is 7.99. The van der Waals surface area contributed by atoms with Crippen LogP contribution in [0, 0.1) is 6.92 Å². The first-order valence-corrected chi connectivity index (χ1v) is 5.63. The van der Waals surface area contributed by atoms with E-state index in [1.54, 1.807) is 6.07 Å². The van der Waals surface area contributed by atoms with Gasteiger partial charge in [0.2, 0.25) is 0 Å². The first-order valence-electron chi connectivity index (χ1n) is 4.82. The number of H-pyrrole nitrogens is 1. The van der Waals surface area contributed by atoms with Gasteiger partial charge in [-0.25, -0.2) is 4.79 Å². The maximum absolute atomic E-state index is 10.7. The van der Waals surface area contributed by atoms with Crippen molar-refractivity contribution in [3.8, 4) is 0 Å². The second-order valence-electron chi connectivity index (χ2n) is 3.43. The fourth-order valence-corrected chi connectivity index (χ4v) is 2.26. The number of hydrogen-bond donors (Lipinski definition) is 2. The van der Waals surface area contributed by atoms with Crippen LogP contribution in [-0.2, 0) is 0 Å². The smallest absolute Gasteiger partial charge is 0.337 e. The van der Waals surface area contributed by atoms with E-state index in [4.69, 9.17) is 5.11 Å². The van der Waals surface area contributed by atoms with E-state index in [0.29, 0.717) is 0 Å². The minimum atomic E-state index is -0.909. The van der Waals surface area contributed by atoms with E-state index >= 15 is 0 Å². The number of aromatic amines is 1. The molecule has 4 heteroatoms. The second kappa shape index (κ2) is 4.45. The minimum Gasteiger partial charge on any atom is -0.478 e. The van der Waals surface area contributed by atoms with Crippen LogP contribution in [0.25, 0.3) is 0 Å². The predicted molar refractivity (Wildman–Crippen MR) is 63.1 cm³/mol. The maximum atomic E-state index is 10.7. The molecule has 0 fully saturated rings. The van der Waals surface area contributed by atoms with Crippen LogP contribution in [0.2, 0.25) is 0 Å². The van der Waals surface area contributed by atoms with E-state index in [1.807, 2.05) is 31.2 Å². The first kappa shape index (κ1) is 10.8. The Balaban J connectivity index is 2.21. The quantitative estimate of drug-likeness (QED) is 0.856. The molecule has 0 bridgehead atoms. The summed E-state index contributed by atoms with van der Waals surface area (Å²) in [6.07, 6.45) is 1.50. The molecule has 0 aliphatic carbocycles. The molecule has 0 aliphatic heterocycles. The van der Waals surface area contributed by atoms with Crippen molar-refractivity contribution in [2.45, 2.75) is 16.8 Å². The summed E-state index contributed by atoms with van der Waals surface area (Å²) in [4.78, 5) is 14.8. The standard InChI is InChI=1S/C12H11NO2S/c1-8-4-2-3-5-10(8)16-11-6-9(7-13-11)12(14)15/h2-7,13H,1H3,(H,14,15). The van der Waals surface area contributed by atoms with Gasteiger partial charge in [-0.3, -0.25) is 0 Å². The van der Waals surface area contributed by atoms with Crippen LogP contribution < -0.4 is 0 Å². The van der Waals surface area contributed by atoms with Crippen LogP contribution in [0.4, 0.5) is 0 Å². The number of carbonyl (C=O) groups is 1. The summed E-state index contributed by atoms with van der Waals surface area (Å²) in [6, 6.07) is 9.64. The van der Waals surface area contributed by atoms with Gasteiger partial charge in [0.05, 0.1) is 10.6 Å². The van der Waals surface area contributed by atoms with Crippen molar-refractivity contribution in [2.24, 2.45) is 0 Å². The Morgan fingerprint density at radius 1 is 1.38 bits per heavy atom. The van der Waals surface area contributed by atoms with Crippen molar-refractivity contribution in [2.75, 3.05) is 0 Å². The van der Waals surface area contributed by atoms with Gasteiger partial charge in [0, 0.05) is 11.1 Å². The summed E-state index contributed by atoms with van der Waals surface area (Å²) < 4.78 is 0. The lowest BCUT2D eigenvalue weighted by Gasteiger charge is -2.02. The van der Waals surface area contributed by atoms with Crippen LogP contribution in [0.5, 0.6) is 0 Å². The largest absolute Gasteiger partial charge is 0.478 e. The van der Waals surface area contributed by atoms with Crippen molar-refractivity contribution >= 4 is 17.7 Å². The number of aryl methyl sites for hydroxylation is 1. The fourth-order valence-electron chi connectivity index (χ4n) is 1.35. The fraction of sp³-hybridized carbons (Fsp3) is 0.0833. The summed E-state index contributed by atoms with van der Waals surface area (Å²) in [5, 5.41) is 9.63. The highest BCUT2D eigenvalue weighted by Gasteiger charge is 2.07. The predicted octanol–water partition coefficient (Wildman–Crippen LogP) is 3.17. The number of carboxylic acids is 1. The van der Waals surface area contributed by atoms with Gasteiger partial charge >= 0.3 is 5.97 Å². The van der Waals surface area contributed by atoms with E-state index in [9.17, 15) is 4.79 Å². The molecule has 0 saturated carbocycles. The summed E-state index contributed by atoms with van der Waals surface area (Å²) in [5.41, 5.74) is 1.47. The van der Waals surface area contributed by atoms with Crippen LogP contribution in [-0.4, -0.2) is 16.1 Å². The van der Waals surface area contributed by atoms with Crippen molar-refractivity contribution in [3.63, 3.8) is 0 Å². The third kappa shape index (κ3) is 2.28. The zero-order valence-corrected chi connectivity index (χ0v) is 9.54. The molecule has 0 aliphatic rings. The van der Waals surface area contributed by atoms with Gasteiger partial charge in [0.25, 0.3) is 0 Å². The van der Waals surface area contributed by atoms with Gasteiger partial charge in [0.1, 0.15) is 0 Å². The van der Waals surface area contributed by atoms with Crippen LogP contribution >= 0.6 is 11.8 Å². The van der Waals surface area contributed by atoms with Crippen molar-refractivity contribution < 1.29 is 9.90 Å². The Morgan fingerprint density at radius 2 is 2.12 bits per heavy atom. The Kier molecular flexibility index (Phi) is 3.01. The van der Waals surface area contributed by atoms with Gasteiger partial charge in [0.15, 0.2) is 0 Å². The molecule has 2 N–H and O–H groups in total. The summed E-state index contributed by atoms with van der Waals surface area (Å²) >= 11 is 1.53. The molecule has 0 amide bonds. The Labute approximate surface area is 97.5 Å². The van der Waals surface area contributed by atoms with Crippen LogP contribution in [0.1, 0.15) is 15.9 Å². The van der Waals surface area contributed by atoms with E-state index in [2.05, 4.69) is 4.98 Å². The number of aromatic carboxylic acids is 1. The summed E-state index contributed by atoms with van der Waals surface area (Å²) in [7, 11) is 0. The van der Waals surface area contributed by atoms with Gasteiger partial charge < -0.3 is 10.1 Å². The average Bonchev–Trinajstić information content (AvgIpc) is 2.70. The van der Waals surface area contributed by atoms with E-state index in [0.717, 1.165) is 9.92 Å². The van der Waals surface area contributed by atoms with Crippen molar-refractivity contribution in [1.29, 1.82) is 0 Å². The molecule has 0 unspecified atom stereocenters. The Bertz CT molecular complexity index is 519. The average molecular weight is 233 g/mol. The maximum Gasteiger partial charge on any atom is 0.337 e. The highest BCUT2D eigenvalue weighted by atomic mass is 32.2. The van der Waals surface area contributed by atoms with Gasteiger partial charge in [-0.1, -0.05) is 30.0 Å². The van der Waals surface area contributed by atoms with E-state index in [-0.39, 0.29) is 5.56 Å². The molecule has 0 saturated heterocycles. The molecular weight excluding hydrogens is 222 g/mol. The third-order valence-corrected chi connectivity index (χ3v) is 3.35. The zero-order chi connectivity index (χ0) is 11.5. The van der Waals surface area contributed by atoms with Crippen molar-refractivity contribution in [3.05, 3.63) is 47.7 Å². The minimum absolute atomic E-state index is 0.288. The molecule has 1 heterocycles. The first-order chi connectivity index (χ1) is 7.66. The zero-order valence-electron chi connectivity index (χ0n) is 8.73. The van der Waals surface area contributed by atoms with E-state index in [1.165, 1.54) is 23.5 Å². The number of carboxylic acid groups (broad SMARTS) is 1. The Morgan fingerprint density at radius 3 is 2.75 bits per heavy atom. The second-order valence-corrected chi connectivity index (χ2v) is 4.51. The SMILES string of the molecule is Cc1ccccc1Sc1cc(C(=O)O)c[nH]1. The lowest BCUT2D eigenvalue weighted by molar-refractivity contribution is 0.0697. The molecule has 1 aromatic carbocycles. The topological polar surface area (TPSA) is 53.1 Å². The van der Waals surface area contributed by atoms with Crippen LogP contribution in [0.15, 0.2) is 46.5 Å². The molecule has 0 atom stereocenters. The number of nitrogens with one attached hydrogen (secondary N) is 1. The molecule has 2 rings (SSSR count). The lowest BCUT2D eigenvalue weighted by atomic mass is 10.2. The highest BCUT2D eigenvalue weighted by Crippen LogP contribution is 2.29. The summed E-state index contributed by atoms with van der Waals surface area (Å²) in [6.45, 7) is 2.03. The molecule has 1 aromatic heterocycles. The van der Waals surface area contributed by atoms with Crippen LogP contribution in [0.3, 0.4) is 0 Å². The number of aromatic nitrogens is 1. The normalized spacial score (nSPS) is 10.3. The van der Waals surface area contributed by atoms with Gasteiger partial charge in [-0.2, -0.15) is 0 Å². The molecule has 16 heavy (non-hydrogen) atoms. The molecule has 2 aromatic rings. The molecule has 0 radical (unpaired) electrons. The summed E-state index contributed by atoms with van der Waals surface area (Å²) in [5.74, 6) is -0.909. The van der Waals surface area contributed by atoms with Crippen molar-refractivity contribution in [1.82, 2.24) is 4.98 Å².